The van der Waals surface area contributed by atoms with Crippen LogP contribution in [0.4, 0.5) is 0 Å². The van der Waals surface area contributed by atoms with Crippen LogP contribution < -0.4 is 10.6 Å². The number of hydrogen-bond donors (Lipinski definition) is 2. The average molecular weight is 343 g/mol. The molecule has 6 rings (SSSR count). The summed E-state index contributed by atoms with van der Waals surface area (Å²) in [5.41, 5.74) is 0.729. The number of nitrogens with one attached hydrogen (secondary N) is 2. The van der Waals surface area contributed by atoms with Crippen molar-refractivity contribution >= 4 is 0 Å². The quantitative estimate of drug-likeness (QED) is 0.684. The lowest BCUT2D eigenvalue weighted by atomic mass is 9.54. The van der Waals surface area contributed by atoms with Crippen LogP contribution in [-0.2, 0) is 0 Å². The molecule has 2 aliphatic heterocycles. The molecule has 2 heterocycles. The van der Waals surface area contributed by atoms with Gasteiger partial charge in [0.15, 0.2) is 0 Å². The molecule has 0 radical (unpaired) electrons. The Morgan fingerprint density at radius 3 is 1.44 bits per heavy atom. The first kappa shape index (κ1) is 15.9. The number of piperidine rings is 2. The van der Waals surface area contributed by atoms with Crippen LogP contribution in [-0.4, -0.2) is 25.2 Å². The molecule has 2 nitrogen and oxygen atoms in total. The van der Waals surface area contributed by atoms with Crippen molar-refractivity contribution in [3.8, 4) is 0 Å². The highest BCUT2D eigenvalue weighted by Crippen LogP contribution is 2.73. The molecule has 8 unspecified atom stereocenters. The molecule has 0 aromatic heterocycles. The van der Waals surface area contributed by atoms with E-state index in [9.17, 15) is 0 Å². The third kappa shape index (κ3) is 1.99. The third-order valence-electron chi connectivity index (χ3n) is 10.1. The van der Waals surface area contributed by atoms with Crippen LogP contribution in [0.25, 0.3) is 0 Å². The standard InChI is InChI=1S/C23H38N2/c1-3-9-17-15(7-1)21-19(11-5-13-24-21)23(17)18-10-4-2-8-16(18)22-20(23)12-6-14-25-22/h15-22,24-25H,1-14H2. The van der Waals surface area contributed by atoms with E-state index in [-0.39, 0.29) is 0 Å². The fraction of sp³-hybridized carbons (Fsp3) is 1.00. The van der Waals surface area contributed by atoms with Gasteiger partial charge < -0.3 is 10.6 Å². The summed E-state index contributed by atoms with van der Waals surface area (Å²) >= 11 is 0. The Balaban J connectivity index is 1.50. The zero-order chi connectivity index (χ0) is 16.4. The highest BCUT2D eigenvalue weighted by Gasteiger charge is 2.71. The molecule has 4 aliphatic carbocycles. The second kappa shape index (κ2) is 5.96. The van der Waals surface area contributed by atoms with Crippen LogP contribution in [0.1, 0.15) is 77.0 Å². The predicted octanol–water partition coefficient (Wildman–Crippen LogP) is 4.35. The van der Waals surface area contributed by atoms with Crippen molar-refractivity contribution in [2.24, 2.45) is 40.9 Å². The Bertz CT molecular complexity index is 423. The molecule has 2 saturated heterocycles. The second-order valence-corrected chi connectivity index (χ2v) is 10.6. The summed E-state index contributed by atoms with van der Waals surface area (Å²) in [6.07, 6.45) is 18.3. The van der Waals surface area contributed by atoms with E-state index < -0.39 is 0 Å². The number of hydrogen-bond acceptors (Lipinski definition) is 2. The first-order valence-electron chi connectivity index (χ1n) is 11.9. The van der Waals surface area contributed by atoms with Crippen LogP contribution in [0.5, 0.6) is 0 Å². The zero-order valence-corrected chi connectivity index (χ0v) is 16.0. The summed E-state index contributed by atoms with van der Waals surface area (Å²) < 4.78 is 0. The molecule has 2 heteroatoms. The lowest BCUT2D eigenvalue weighted by Crippen LogP contribution is -2.51. The van der Waals surface area contributed by atoms with E-state index in [0.29, 0.717) is 0 Å². The molecule has 140 valence electrons. The van der Waals surface area contributed by atoms with E-state index in [4.69, 9.17) is 0 Å². The molecule has 4 saturated carbocycles. The minimum Gasteiger partial charge on any atom is -0.313 e. The molecule has 0 aromatic carbocycles. The second-order valence-electron chi connectivity index (χ2n) is 10.6. The summed E-state index contributed by atoms with van der Waals surface area (Å²) in [6, 6.07) is 1.78. The van der Waals surface area contributed by atoms with Crippen LogP contribution in [0.15, 0.2) is 0 Å². The van der Waals surface area contributed by atoms with Crippen LogP contribution >= 0.6 is 0 Å². The van der Waals surface area contributed by atoms with E-state index in [1.807, 2.05) is 0 Å². The molecule has 0 amide bonds. The Labute approximate surface area is 154 Å². The van der Waals surface area contributed by atoms with Gasteiger partial charge in [0.05, 0.1) is 0 Å². The lowest BCUT2D eigenvalue weighted by Gasteiger charge is -2.51. The van der Waals surface area contributed by atoms with Crippen molar-refractivity contribution < 1.29 is 0 Å². The van der Waals surface area contributed by atoms with Crippen molar-refractivity contribution in [2.75, 3.05) is 13.1 Å². The fourth-order valence-corrected chi connectivity index (χ4v) is 9.92. The summed E-state index contributed by atoms with van der Waals surface area (Å²) in [6.45, 7) is 2.61. The normalized spacial score (nSPS) is 57.6. The van der Waals surface area contributed by atoms with Crippen LogP contribution in [0.3, 0.4) is 0 Å². The molecular formula is C23H38N2. The molecule has 25 heavy (non-hydrogen) atoms. The van der Waals surface area contributed by atoms with Gasteiger partial charge in [-0.05, 0) is 105 Å². The van der Waals surface area contributed by atoms with Crippen LogP contribution in [0, 0.1) is 40.9 Å². The van der Waals surface area contributed by atoms with Gasteiger partial charge >= 0.3 is 0 Å². The maximum Gasteiger partial charge on any atom is 0.0132 e. The first-order valence-corrected chi connectivity index (χ1v) is 11.9. The molecular weight excluding hydrogens is 304 g/mol. The molecule has 6 fully saturated rings. The molecule has 0 aromatic rings. The van der Waals surface area contributed by atoms with Crippen molar-refractivity contribution in [1.82, 2.24) is 10.6 Å². The van der Waals surface area contributed by atoms with Gasteiger partial charge in [0.25, 0.3) is 0 Å². The smallest absolute Gasteiger partial charge is 0.0132 e. The van der Waals surface area contributed by atoms with E-state index >= 15 is 0 Å². The minimum atomic E-state index is 0.729. The van der Waals surface area contributed by atoms with Crippen molar-refractivity contribution in [3.63, 3.8) is 0 Å². The maximum atomic E-state index is 4.10. The predicted molar refractivity (Wildman–Crippen MR) is 102 cm³/mol. The highest BCUT2D eigenvalue weighted by molar-refractivity contribution is 5.22. The molecule has 8 atom stereocenters. The van der Waals surface area contributed by atoms with E-state index in [2.05, 4.69) is 10.6 Å². The average Bonchev–Trinajstić information content (AvgIpc) is 3.16. The first-order chi connectivity index (χ1) is 12.4. The van der Waals surface area contributed by atoms with Gasteiger partial charge in [-0.1, -0.05) is 25.7 Å². The van der Waals surface area contributed by atoms with Crippen molar-refractivity contribution in [3.05, 3.63) is 0 Å². The van der Waals surface area contributed by atoms with Crippen LogP contribution in [0.2, 0.25) is 0 Å². The summed E-state index contributed by atoms with van der Waals surface area (Å²) in [5.74, 6) is 6.25. The van der Waals surface area contributed by atoms with Crippen molar-refractivity contribution in [1.29, 1.82) is 0 Å². The van der Waals surface area contributed by atoms with Gasteiger partial charge in [-0.25, -0.2) is 0 Å². The number of rotatable bonds is 0. The third-order valence-corrected chi connectivity index (χ3v) is 10.1. The minimum absolute atomic E-state index is 0.729. The van der Waals surface area contributed by atoms with E-state index in [0.717, 1.165) is 53.0 Å². The van der Waals surface area contributed by atoms with Crippen molar-refractivity contribution in [2.45, 2.75) is 89.1 Å². The SMILES string of the molecule is C1CCC2C(C1)C1NCCCC1C21C2CCCCC2C2NCCCC21. The Hall–Kier alpha value is -0.0800. The Morgan fingerprint density at radius 2 is 0.920 bits per heavy atom. The topological polar surface area (TPSA) is 24.1 Å². The molecule has 6 aliphatic rings. The summed E-state index contributed by atoms with van der Waals surface area (Å²) in [5, 5.41) is 8.20. The summed E-state index contributed by atoms with van der Waals surface area (Å²) in [4.78, 5) is 0. The van der Waals surface area contributed by atoms with Gasteiger partial charge in [-0.3, -0.25) is 0 Å². The lowest BCUT2D eigenvalue weighted by molar-refractivity contribution is -0.0304. The van der Waals surface area contributed by atoms with Gasteiger partial charge in [0.2, 0.25) is 0 Å². The van der Waals surface area contributed by atoms with E-state index in [1.165, 1.54) is 51.6 Å². The highest BCUT2D eigenvalue weighted by atomic mass is 15.0. The maximum absolute atomic E-state index is 4.10. The van der Waals surface area contributed by atoms with E-state index in [1.54, 1.807) is 38.5 Å². The Morgan fingerprint density at radius 1 is 0.480 bits per heavy atom. The largest absolute Gasteiger partial charge is 0.313 e. The van der Waals surface area contributed by atoms with Gasteiger partial charge in [-0.2, -0.15) is 0 Å². The molecule has 0 bridgehead atoms. The fourth-order valence-electron chi connectivity index (χ4n) is 9.92. The molecule has 2 N–H and O–H groups in total. The van der Waals surface area contributed by atoms with Gasteiger partial charge in [-0.15, -0.1) is 0 Å². The number of fused-ring (bicyclic) bond motifs is 10. The zero-order valence-electron chi connectivity index (χ0n) is 16.0. The monoisotopic (exact) mass is 342 g/mol. The molecule has 1 spiro atoms. The van der Waals surface area contributed by atoms with Gasteiger partial charge in [0, 0.05) is 12.1 Å². The Kier molecular flexibility index (Phi) is 3.80. The summed E-state index contributed by atoms with van der Waals surface area (Å²) in [7, 11) is 0. The van der Waals surface area contributed by atoms with Gasteiger partial charge in [0.1, 0.15) is 0 Å².